The maximum atomic E-state index is 13.2. The van der Waals surface area contributed by atoms with E-state index in [1.165, 1.54) is 4.90 Å². The molecule has 2 aromatic rings. The lowest BCUT2D eigenvalue weighted by Crippen LogP contribution is -2.41. The predicted molar refractivity (Wildman–Crippen MR) is 121 cm³/mol. The number of benzene rings is 2. The largest absolute Gasteiger partial charge is 0.497 e. The maximum absolute atomic E-state index is 13.2. The Hall–Kier alpha value is -3.71. The molecule has 0 radical (unpaired) electrons. The van der Waals surface area contributed by atoms with Gasteiger partial charge in [-0.05, 0) is 54.8 Å². The van der Waals surface area contributed by atoms with Gasteiger partial charge in [0.2, 0.25) is 5.91 Å². The fourth-order valence-electron chi connectivity index (χ4n) is 3.62. The second-order valence-electron chi connectivity index (χ2n) is 7.74. The summed E-state index contributed by atoms with van der Waals surface area (Å²) in [7, 11) is 3.25. The van der Waals surface area contributed by atoms with E-state index in [2.05, 4.69) is 15.3 Å². The van der Waals surface area contributed by atoms with Crippen molar-refractivity contribution in [3.05, 3.63) is 58.5 Å². The van der Waals surface area contributed by atoms with Crippen LogP contribution in [0.1, 0.15) is 30.1 Å². The molecular formula is C23H27N5O4. The molecule has 0 saturated carbocycles. The van der Waals surface area contributed by atoms with Gasteiger partial charge < -0.3 is 19.7 Å². The molecule has 1 aliphatic heterocycles. The van der Waals surface area contributed by atoms with Crippen molar-refractivity contribution in [2.75, 3.05) is 27.3 Å². The zero-order chi connectivity index (χ0) is 23.1. The van der Waals surface area contributed by atoms with Crippen LogP contribution in [0.15, 0.2) is 47.6 Å². The van der Waals surface area contributed by atoms with Crippen LogP contribution in [0.25, 0.3) is 21.6 Å². The van der Waals surface area contributed by atoms with Gasteiger partial charge in [0.05, 0.1) is 13.2 Å². The number of rotatable bonds is 3. The quantitative estimate of drug-likeness (QED) is 0.447. The van der Waals surface area contributed by atoms with Crippen molar-refractivity contribution in [3.8, 4) is 22.6 Å². The third-order valence-electron chi connectivity index (χ3n) is 5.43. The smallest absolute Gasteiger partial charge is 0.253 e. The highest BCUT2D eigenvalue weighted by molar-refractivity contribution is 5.96. The van der Waals surface area contributed by atoms with Crippen molar-refractivity contribution < 1.29 is 19.1 Å². The molecule has 0 fully saturated rings. The molecule has 1 heterocycles. The molecule has 0 spiro atoms. The van der Waals surface area contributed by atoms with Crippen molar-refractivity contribution in [1.82, 2.24) is 10.2 Å². The summed E-state index contributed by atoms with van der Waals surface area (Å²) in [4.78, 5) is 30.0. The number of likely N-dealkylation sites (N-methyl/N-ethyl adjacent to an activating group) is 1. The Morgan fingerprint density at radius 1 is 1.25 bits per heavy atom. The fraction of sp³-hybridized carbons (Fsp3) is 0.391. The third kappa shape index (κ3) is 5.50. The SMILES string of the molecule is COc1ccc2c(c1)-c1cccc(c1)C(=O)N(C)[C@H](CN=[N+]=[N-])CCC(=O)N[C@H](C)CO2. The van der Waals surface area contributed by atoms with Crippen LogP contribution in [0.2, 0.25) is 0 Å². The molecule has 2 amide bonds. The summed E-state index contributed by atoms with van der Waals surface area (Å²) in [5.41, 5.74) is 10.8. The molecule has 3 rings (SSSR count). The van der Waals surface area contributed by atoms with Crippen LogP contribution in [0.4, 0.5) is 0 Å². The normalized spacial score (nSPS) is 19.4. The van der Waals surface area contributed by atoms with Crippen LogP contribution in [0.5, 0.6) is 11.5 Å². The van der Waals surface area contributed by atoms with Gasteiger partial charge in [0.25, 0.3) is 5.91 Å². The van der Waals surface area contributed by atoms with Gasteiger partial charge in [-0.2, -0.15) is 0 Å². The maximum Gasteiger partial charge on any atom is 0.253 e. The highest BCUT2D eigenvalue weighted by Crippen LogP contribution is 2.34. The van der Waals surface area contributed by atoms with E-state index in [1.807, 2.05) is 31.2 Å². The average Bonchev–Trinajstić information content (AvgIpc) is 2.81. The molecule has 9 nitrogen and oxygen atoms in total. The topological polar surface area (TPSA) is 117 Å². The van der Waals surface area contributed by atoms with Crippen molar-refractivity contribution in [1.29, 1.82) is 0 Å². The minimum Gasteiger partial charge on any atom is -0.497 e. The minimum atomic E-state index is -0.406. The van der Waals surface area contributed by atoms with Gasteiger partial charge >= 0.3 is 0 Å². The van der Waals surface area contributed by atoms with E-state index < -0.39 is 6.04 Å². The number of ether oxygens (including phenoxy) is 2. The number of azide groups is 1. The lowest BCUT2D eigenvalue weighted by Gasteiger charge is -2.27. The number of nitrogens with one attached hydrogen (secondary N) is 1. The molecule has 0 aromatic heterocycles. The van der Waals surface area contributed by atoms with Crippen LogP contribution >= 0.6 is 0 Å². The summed E-state index contributed by atoms with van der Waals surface area (Å²) in [6, 6.07) is 12.1. The molecule has 0 saturated heterocycles. The number of methoxy groups -OCH3 is 1. The van der Waals surface area contributed by atoms with Crippen molar-refractivity contribution in [3.63, 3.8) is 0 Å². The Labute approximate surface area is 186 Å². The van der Waals surface area contributed by atoms with Crippen LogP contribution in [-0.4, -0.2) is 56.1 Å². The van der Waals surface area contributed by atoms with Gasteiger partial charge in [0.1, 0.15) is 18.1 Å². The molecular weight excluding hydrogens is 410 g/mol. The van der Waals surface area contributed by atoms with Crippen LogP contribution < -0.4 is 14.8 Å². The van der Waals surface area contributed by atoms with Crippen LogP contribution in [0, 0.1) is 0 Å². The second-order valence-corrected chi connectivity index (χ2v) is 7.74. The first-order chi connectivity index (χ1) is 15.4. The molecule has 2 aromatic carbocycles. The van der Waals surface area contributed by atoms with Crippen LogP contribution in [-0.2, 0) is 4.79 Å². The van der Waals surface area contributed by atoms with Crippen LogP contribution in [0.3, 0.4) is 0 Å². The van der Waals surface area contributed by atoms with Gasteiger partial charge in [0.15, 0.2) is 0 Å². The average molecular weight is 438 g/mol. The van der Waals surface area contributed by atoms with E-state index >= 15 is 0 Å². The molecule has 9 heteroatoms. The molecule has 168 valence electrons. The zero-order valence-corrected chi connectivity index (χ0v) is 18.4. The summed E-state index contributed by atoms with van der Waals surface area (Å²) >= 11 is 0. The van der Waals surface area contributed by atoms with Gasteiger partial charge in [0, 0.05) is 42.1 Å². The molecule has 0 aliphatic carbocycles. The molecule has 1 N–H and O–H groups in total. The van der Waals surface area contributed by atoms with E-state index in [-0.39, 0.29) is 37.4 Å². The number of amides is 2. The number of carbonyl (C=O) groups excluding carboxylic acids is 2. The molecule has 1 aliphatic rings. The summed E-state index contributed by atoms with van der Waals surface area (Å²) in [5.74, 6) is 0.910. The number of fused-ring (bicyclic) bond motifs is 4. The van der Waals surface area contributed by atoms with Gasteiger partial charge in [-0.1, -0.05) is 17.2 Å². The number of hydrogen-bond acceptors (Lipinski definition) is 5. The minimum absolute atomic E-state index is 0.0877. The van der Waals surface area contributed by atoms with Crippen molar-refractivity contribution in [2.24, 2.45) is 5.11 Å². The molecule has 2 bridgehead atoms. The first-order valence-electron chi connectivity index (χ1n) is 10.4. The van der Waals surface area contributed by atoms with Gasteiger partial charge in [-0.25, -0.2) is 0 Å². The van der Waals surface area contributed by atoms with Crippen molar-refractivity contribution in [2.45, 2.75) is 31.8 Å². The standard InChI is InChI=1S/C23H27N5O4/c1-15-14-32-21-9-8-19(31-3)12-20(21)16-5-4-6-17(11-16)23(30)28(2)18(13-25-27-24)7-10-22(29)26-15/h4-6,8-9,11-12,15,18H,7,10,13-14H2,1-3H3,(H,26,29)/t15-,18+/m1/s1. The Kier molecular flexibility index (Phi) is 7.57. The fourth-order valence-corrected chi connectivity index (χ4v) is 3.62. The number of hydrogen-bond donors (Lipinski definition) is 1. The van der Waals surface area contributed by atoms with Crippen molar-refractivity contribution >= 4 is 11.8 Å². The van der Waals surface area contributed by atoms with E-state index in [0.717, 1.165) is 11.1 Å². The van der Waals surface area contributed by atoms with E-state index in [9.17, 15) is 9.59 Å². The lowest BCUT2D eigenvalue weighted by atomic mass is 10.0. The van der Waals surface area contributed by atoms with E-state index in [4.69, 9.17) is 15.0 Å². The first-order valence-corrected chi connectivity index (χ1v) is 10.4. The summed E-state index contributed by atoms with van der Waals surface area (Å²) in [5, 5.41) is 6.55. The molecule has 0 unspecified atom stereocenters. The predicted octanol–water partition coefficient (Wildman–Crippen LogP) is 3.79. The Morgan fingerprint density at radius 3 is 2.78 bits per heavy atom. The summed E-state index contributed by atoms with van der Waals surface area (Å²) in [6.07, 6.45) is 0.569. The monoisotopic (exact) mass is 437 g/mol. The highest BCUT2D eigenvalue weighted by atomic mass is 16.5. The molecule has 32 heavy (non-hydrogen) atoms. The molecule has 2 atom stereocenters. The van der Waals surface area contributed by atoms with E-state index in [1.54, 1.807) is 32.4 Å². The Morgan fingerprint density at radius 2 is 2.03 bits per heavy atom. The highest BCUT2D eigenvalue weighted by Gasteiger charge is 2.23. The van der Waals surface area contributed by atoms with Gasteiger partial charge in [-0.3, -0.25) is 9.59 Å². The Bertz CT molecular complexity index is 1030. The second kappa shape index (κ2) is 10.5. The Balaban J connectivity index is 2.06. The lowest BCUT2D eigenvalue weighted by molar-refractivity contribution is -0.122. The van der Waals surface area contributed by atoms with E-state index in [0.29, 0.717) is 23.5 Å². The summed E-state index contributed by atoms with van der Waals surface area (Å²) in [6.45, 7) is 2.24. The summed E-state index contributed by atoms with van der Waals surface area (Å²) < 4.78 is 11.4. The number of nitrogens with zero attached hydrogens (tertiary/aromatic N) is 4. The third-order valence-corrected chi connectivity index (χ3v) is 5.43. The van der Waals surface area contributed by atoms with Gasteiger partial charge in [-0.15, -0.1) is 0 Å². The first kappa shape index (κ1) is 23.0. The zero-order valence-electron chi connectivity index (χ0n) is 18.4. The number of carbonyl (C=O) groups is 2.